The summed E-state index contributed by atoms with van der Waals surface area (Å²) in [4.78, 5) is 4.65. The molecule has 0 heterocycles. The maximum Gasteiger partial charge on any atom is 0.0468 e. The van der Waals surface area contributed by atoms with E-state index in [1.807, 2.05) is 0 Å². The second kappa shape index (κ2) is 13.8. The molecule has 2 heteroatoms. The Hall–Kier alpha value is -6.90. The van der Waals surface area contributed by atoms with Crippen LogP contribution in [0.4, 0.5) is 34.1 Å². The van der Waals surface area contributed by atoms with E-state index in [0.717, 1.165) is 34.1 Å². The molecule has 0 unspecified atom stereocenters. The second-order valence-corrected chi connectivity index (χ2v) is 13.1. The molecule has 0 radical (unpaired) electrons. The van der Waals surface area contributed by atoms with Gasteiger partial charge in [0, 0.05) is 34.1 Å². The first-order valence-corrected chi connectivity index (χ1v) is 17.8. The van der Waals surface area contributed by atoms with Gasteiger partial charge in [-0.1, -0.05) is 140 Å². The van der Waals surface area contributed by atoms with Crippen molar-refractivity contribution in [1.82, 2.24) is 0 Å². The maximum atomic E-state index is 2.32. The van der Waals surface area contributed by atoms with Gasteiger partial charge in [-0.2, -0.15) is 0 Å². The number of nitrogens with zero attached hydrogens (tertiary/aromatic N) is 2. The van der Waals surface area contributed by atoms with Crippen LogP contribution in [0.25, 0.3) is 43.8 Å². The van der Waals surface area contributed by atoms with Gasteiger partial charge in [0.05, 0.1) is 0 Å². The van der Waals surface area contributed by atoms with Crippen molar-refractivity contribution in [3.63, 3.8) is 0 Å². The van der Waals surface area contributed by atoms with Crippen LogP contribution in [-0.2, 0) is 0 Å². The minimum Gasteiger partial charge on any atom is -0.310 e. The monoisotopic (exact) mass is 664 g/mol. The number of para-hydroxylation sites is 2. The van der Waals surface area contributed by atoms with Crippen LogP contribution >= 0.6 is 0 Å². The van der Waals surface area contributed by atoms with E-state index in [1.54, 1.807) is 0 Å². The molecule has 9 rings (SSSR count). The Balaban J connectivity index is 1.02. The van der Waals surface area contributed by atoms with Crippen molar-refractivity contribution >= 4 is 55.7 Å². The zero-order valence-corrected chi connectivity index (χ0v) is 28.7. The standard InChI is InChI=1S/C50H36N2/c1-3-18-45(19-4-1)51(49-32-26-37-12-7-9-14-43(37)35-49)47-28-22-39(23-29-47)41-16-11-17-42(34-41)40-24-30-48(31-25-40)52(46-20-5-2-6-21-46)50-33-27-38-13-8-10-15-44(38)36-50/h1-36H. The van der Waals surface area contributed by atoms with E-state index in [1.165, 1.54) is 43.8 Å². The van der Waals surface area contributed by atoms with Gasteiger partial charge in [0.2, 0.25) is 0 Å². The van der Waals surface area contributed by atoms with Crippen molar-refractivity contribution in [2.24, 2.45) is 0 Å². The Morgan fingerprint density at radius 2 is 0.538 bits per heavy atom. The lowest BCUT2D eigenvalue weighted by Gasteiger charge is -2.26. The quantitative estimate of drug-likeness (QED) is 0.159. The van der Waals surface area contributed by atoms with Crippen LogP contribution in [0.5, 0.6) is 0 Å². The fourth-order valence-corrected chi connectivity index (χ4v) is 7.16. The fraction of sp³-hybridized carbons (Fsp3) is 0. The summed E-state index contributed by atoms with van der Waals surface area (Å²) in [6.07, 6.45) is 0. The Morgan fingerprint density at radius 3 is 0.962 bits per heavy atom. The Labute approximate surface area is 305 Å². The molecule has 0 atom stereocenters. The minimum absolute atomic E-state index is 1.12. The van der Waals surface area contributed by atoms with Gasteiger partial charge < -0.3 is 9.80 Å². The molecule has 0 fully saturated rings. The van der Waals surface area contributed by atoms with Gasteiger partial charge in [-0.15, -0.1) is 0 Å². The highest BCUT2D eigenvalue weighted by Crippen LogP contribution is 2.39. The summed E-state index contributed by atoms with van der Waals surface area (Å²) in [5.41, 5.74) is 11.5. The predicted molar refractivity (Wildman–Crippen MR) is 222 cm³/mol. The summed E-state index contributed by atoms with van der Waals surface area (Å²) in [6.45, 7) is 0. The molecule has 0 amide bonds. The first-order chi connectivity index (χ1) is 25.8. The molecule has 0 aliphatic carbocycles. The molecule has 52 heavy (non-hydrogen) atoms. The SMILES string of the molecule is c1ccc(N(c2ccc(-c3cccc(-c4ccc(N(c5ccccc5)c5ccc6ccccc6c5)cc4)c3)cc2)c2ccc3ccccc3c2)cc1. The molecule has 246 valence electrons. The zero-order chi connectivity index (χ0) is 34.7. The van der Waals surface area contributed by atoms with Gasteiger partial charge in [-0.25, -0.2) is 0 Å². The van der Waals surface area contributed by atoms with Crippen LogP contribution in [-0.4, -0.2) is 0 Å². The summed E-state index contributed by atoms with van der Waals surface area (Å²) in [6, 6.07) is 78.3. The van der Waals surface area contributed by atoms with Gasteiger partial charge in [0.25, 0.3) is 0 Å². The zero-order valence-electron chi connectivity index (χ0n) is 28.7. The normalized spacial score (nSPS) is 11.1. The van der Waals surface area contributed by atoms with E-state index < -0.39 is 0 Å². The third-order valence-corrected chi connectivity index (χ3v) is 9.79. The number of fused-ring (bicyclic) bond motifs is 2. The average Bonchev–Trinajstić information content (AvgIpc) is 3.22. The van der Waals surface area contributed by atoms with E-state index in [-0.39, 0.29) is 0 Å². The minimum atomic E-state index is 1.12. The van der Waals surface area contributed by atoms with Gasteiger partial charge in [-0.3, -0.25) is 0 Å². The van der Waals surface area contributed by atoms with Gasteiger partial charge in [-0.05, 0) is 123 Å². The topological polar surface area (TPSA) is 6.48 Å². The van der Waals surface area contributed by atoms with Crippen molar-refractivity contribution in [1.29, 1.82) is 0 Å². The molecule has 0 aliphatic heterocycles. The fourth-order valence-electron chi connectivity index (χ4n) is 7.16. The van der Waals surface area contributed by atoms with Crippen LogP contribution in [0.2, 0.25) is 0 Å². The summed E-state index contributed by atoms with van der Waals surface area (Å²) < 4.78 is 0. The van der Waals surface area contributed by atoms with Crippen LogP contribution in [0.3, 0.4) is 0 Å². The number of anilines is 6. The van der Waals surface area contributed by atoms with Crippen molar-refractivity contribution in [2.75, 3.05) is 9.80 Å². The lowest BCUT2D eigenvalue weighted by atomic mass is 9.98. The third-order valence-electron chi connectivity index (χ3n) is 9.79. The largest absolute Gasteiger partial charge is 0.310 e. The molecule has 0 saturated carbocycles. The van der Waals surface area contributed by atoms with Crippen LogP contribution in [0.15, 0.2) is 218 Å². The molecular formula is C50H36N2. The molecule has 0 N–H and O–H groups in total. The number of hydrogen-bond donors (Lipinski definition) is 0. The highest BCUT2D eigenvalue weighted by atomic mass is 15.1. The van der Waals surface area contributed by atoms with Crippen LogP contribution in [0.1, 0.15) is 0 Å². The van der Waals surface area contributed by atoms with E-state index in [0.29, 0.717) is 0 Å². The van der Waals surface area contributed by atoms with Crippen molar-refractivity contribution in [3.8, 4) is 22.3 Å². The first-order valence-electron chi connectivity index (χ1n) is 17.8. The summed E-state index contributed by atoms with van der Waals surface area (Å²) in [7, 11) is 0. The highest BCUT2D eigenvalue weighted by molar-refractivity contribution is 5.91. The molecule has 0 spiro atoms. The lowest BCUT2D eigenvalue weighted by molar-refractivity contribution is 1.29. The Kier molecular flexibility index (Phi) is 8.24. The number of rotatable bonds is 8. The second-order valence-electron chi connectivity index (χ2n) is 13.1. The van der Waals surface area contributed by atoms with Gasteiger partial charge in [0.15, 0.2) is 0 Å². The summed E-state index contributed by atoms with van der Waals surface area (Å²) in [5.74, 6) is 0. The summed E-state index contributed by atoms with van der Waals surface area (Å²) >= 11 is 0. The molecular weight excluding hydrogens is 629 g/mol. The average molecular weight is 665 g/mol. The van der Waals surface area contributed by atoms with E-state index in [9.17, 15) is 0 Å². The molecule has 0 aromatic heterocycles. The van der Waals surface area contributed by atoms with Crippen molar-refractivity contribution in [3.05, 3.63) is 218 Å². The molecule has 0 saturated heterocycles. The van der Waals surface area contributed by atoms with Crippen LogP contribution in [0, 0.1) is 0 Å². The Bertz CT molecular complexity index is 2430. The lowest BCUT2D eigenvalue weighted by Crippen LogP contribution is -2.09. The molecule has 2 nitrogen and oxygen atoms in total. The predicted octanol–water partition coefficient (Wildman–Crippen LogP) is 14.3. The van der Waals surface area contributed by atoms with Crippen molar-refractivity contribution in [2.45, 2.75) is 0 Å². The molecule has 0 aliphatic rings. The Morgan fingerprint density at radius 1 is 0.192 bits per heavy atom. The third kappa shape index (κ3) is 6.19. The van der Waals surface area contributed by atoms with Crippen LogP contribution < -0.4 is 9.80 Å². The molecule has 9 aromatic carbocycles. The number of hydrogen-bond acceptors (Lipinski definition) is 2. The van der Waals surface area contributed by atoms with E-state index in [4.69, 9.17) is 0 Å². The highest BCUT2D eigenvalue weighted by Gasteiger charge is 2.15. The van der Waals surface area contributed by atoms with Gasteiger partial charge in [0.1, 0.15) is 0 Å². The summed E-state index contributed by atoms with van der Waals surface area (Å²) in [5, 5.41) is 4.93. The van der Waals surface area contributed by atoms with Gasteiger partial charge >= 0.3 is 0 Å². The maximum absolute atomic E-state index is 2.32. The van der Waals surface area contributed by atoms with Crippen molar-refractivity contribution < 1.29 is 0 Å². The smallest absolute Gasteiger partial charge is 0.0468 e. The number of benzene rings is 9. The van der Waals surface area contributed by atoms with E-state index >= 15 is 0 Å². The molecule has 0 bridgehead atoms. The van der Waals surface area contributed by atoms with E-state index in [2.05, 4.69) is 228 Å². The molecule has 9 aromatic rings. The first kappa shape index (κ1) is 31.1.